The van der Waals surface area contributed by atoms with Gasteiger partial charge in [0.05, 0.1) is 17.9 Å². The Morgan fingerprint density at radius 2 is 1.85 bits per heavy atom. The number of rotatable bonds is 5. The lowest BCUT2D eigenvalue weighted by molar-refractivity contribution is -0.137. The molecule has 0 saturated carbocycles. The molecule has 140 valence electrons. The first-order valence-corrected chi connectivity index (χ1v) is 8.83. The monoisotopic (exact) mass is 364 g/mol. The Bertz CT molecular complexity index is 914. The number of hydrogen-bond acceptors (Lipinski definition) is 5. The first-order valence-electron chi connectivity index (χ1n) is 8.83. The third-order valence-electron chi connectivity index (χ3n) is 4.59. The maximum Gasteiger partial charge on any atom is 0.338 e. The molecule has 0 aliphatic carbocycles. The van der Waals surface area contributed by atoms with E-state index in [1.807, 2.05) is 18.2 Å². The van der Waals surface area contributed by atoms with Crippen LogP contribution >= 0.6 is 0 Å². The normalized spacial score (nSPS) is 15.7. The molecule has 0 amide bonds. The van der Waals surface area contributed by atoms with Gasteiger partial charge in [-0.2, -0.15) is 0 Å². The smallest absolute Gasteiger partial charge is 0.338 e. The number of methoxy groups -OCH3 is 1. The summed E-state index contributed by atoms with van der Waals surface area (Å²) in [7, 11) is 1.56. The number of carbonyl (C=O) groups excluding carboxylic acids is 1. The Morgan fingerprint density at radius 1 is 1.19 bits per heavy atom. The lowest BCUT2D eigenvalue weighted by Gasteiger charge is -2.30. The molecule has 0 saturated heterocycles. The number of carbonyl (C=O) groups is 1. The van der Waals surface area contributed by atoms with E-state index in [-0.39, 0.29) is 12.2 Å². The van der Waals surface area contributed by atoms with Crippen molar-refractivity contribution in [3.05, 3.63) is 71.4 Å². The van der Waals surface area contributed by atoms with E-state index >= 15 is 0 Å². The number of fused-ring (bicyclic) bond motifs is 1. The fourth-order valence-electron chi connectivity index (χ4n) is 3.15. The molecule has 1 unspecified atom stereocenters. The molecule has 3 N–H and O–H groups in total. The fourth-order valence-corrected chi connectivity index (χ4v) is 3.15. The quantitative estimate of drug-likeness (QED) is 0.623. The second-order valence-electron chi connectivity index (χ2n) is 6.42. The summed E-state index contributed by atoms with van der Waals surface area (Å²) in [5.74, 6) is -0.487. The molecule has 0 radical (unpaired) electrons. The molecule has 1 aliphatic rings. The van der Waals surface area contributed by atoms with Crippen LogP contribution in [0.2, 0.25) is 0 Å². The predicted octanol–water partition coefficient (Wildman–Crippen LogP) is 3.85. The number of nitrogens with one attached hydrogen (secondary N) is 1. The van der Waals surface area contributed by atoms with Crippen molar-refractivity contribution in [3.63, 3.8) is 0 Å². The summed E-state index contributed by atoms with van der Waals surface area (Å²) >= 11 is 0. The molecule has 1 atom stereocenters. The number of aryl methyl sites for hydroxylation is 1. The van der Waals surface area contributed by atoms with Gasteiger partial charge in [-0.05, 0) is 37.1 Å². The number of ether oxygens (including phenoxy) is 2. The third-order valence-corrected chi connectivity index (χ3v) is 4.59. The van der Waals surface area contributed by atoms with Gasteiger partial charge in [-0.25, -0.2) is 4.79 Å². The molecule has 1 heterocycles. The van der Waals surface area contributed by atoms with Gasteiger partial charge in [-0.1, -0.05) is 42.5 Å². The van der Waals surface area contributed by atoms with Crippen molar-refractivity contribution in [2.45, 2.75) is 20.1 Å². The Labute approximate surface area is 159 Å². The average molecular weight is 364 g/mol. The summed E-state index contributed by atoms with van der Waals surface area (Å²) in [6, 6.07) is 14.3. The number of nitrogens with two attached hydrogens (primary N) is 1. The van der Waals surface area contributed by atoms with E-state index in [1.54, 1.807) is 14.0 Å². The minimum Gasteiger partial charge on any atom is -0.462 e. The lowest BCUT2D eigenvalue weighted by atomic mass is 9.89. The minimum absolute atomic E-state index is 0.222. The molecule has 0 bridgehead atoms. The van der Waals surface area contributed by atoms with E-state index in [1.165, 1.54) is 5.56 Å². The van der Waals surface area contributed by atoms with Gasteiger partial charge in [0, 0.05) is 23.9 Å². The largest absolute Gasteiger partial charge is 0.462 e. The molecule has 5 nitrogen and oxygen atoms in total. The van der Waals surface area contributed by atoms with Crippen LogP contribution in [0, 0.1) is 6.92 Å². The van der Waals surface area contributed by atoms with Crippen molar-refractivity contribution in [3.8, 4) is 11.1 Å². The summed E-state index contributed by atoms with van der Waals surface area (Å²) in [6.07, 6.45) is -0.538. The van der Waals surface area contributed by atoms with Crippen LogP contribution in [0.15, 0.2) is 60.3 Å². The standard InChI is InChI=1S/C22H24N2O3/c1-5-27-22(25)14(3)19-17-12-16(15-8-6-13(2)7-9-15)10-11-18(17)24-21(26-4)20(19)23/h6-12,21,24H,3,5,23H2,1-2,4H3. The summed E-state index contributed by atoms with van der Waals surface area (Å²) in [5.41, 5.74) is 12.4. The summed E-state index contributed by atoms with van der Waals surface area (Å²) in [5, 5.41) is 3.24. The Hall–Kier alpha value is -3.05. The highest BCUT2D eigenvalue weighted by Gasteiger charge is 2.29. The molecule has 1 aliphatic heterocycles. The van der Waals surface area contributed by atoms with Gasteiger partial charge in [0.25, 0.3) is 0 Å². The highest BCUT2D eigenvalue weighted by atomic mass is 16.5. The second-order valence-corrected chi connectivity index (χ2v) is 6.42. The highest BCUT2D eigenvalue weighted by Crippen LogP contribution is 2.39. The van der Waals surface area contributed by atoms with E-state index in [0.29, 0.717) is 11.3 Å². The van der Waals surface area contributed by atoms with Crippen LogP contribution < -0.4 is 11.1 Å². The summed E-state index contributed by atoms with van der Waals surface area (Å²) < 4.78 is 10.5. The van der Waals surface area contributed by atoms with E-state index in [0.717, 1.165) is 22.4 Å². The molecule has 2 aromatic carbocycles. The van der Waals surface area contributed by atoms with E-state index in [2.05, 4.69) is 43.1 Å². The van der Waals surface area contributed by atoms with E-state index < -0.39 is 12.2 Å². The van der Waals surface area contributed by atoms with Crippen molar-refractivity contribution in [1.29, 1.82) is 0 Å². The molecule has 3 rings (SSSR count). The van der Waals surface area contributed by atoms with Crippen LogP contribution in [0.1, 0.15) is 18.1 Å². The second kappa shape index (κ2) is 7.68. The van der Waals surface area contributed by atoms with Gasteiger partial charge in [0.2, 0.25) is 0 Å². The lowest BCUT2D eigenvalue weighted by Crippen LogP contribution is -2.34. The van der Waals surface area contributed by atoms with Crippen LogP contribution in [0.25, 0.3) is 16.7 Å². The Kier molecular flexibility index (Phi) is 5.33. The zero-order valence-electron chi connectivity index (χ0n) is 15.8. The third kappa shape index (κ3) is 3.59. The van der Waals surface area contributed by atoms with Gasteiger partial charge in [-0.3, -0.25) is 0 Å². The molecular weight excluding hydrogens is 340 g/mol. The SMILES string of the molecule is C=C(C(=O)OCC)C1=C(N)C(OC)Nc2ccc(-c3ccc(C)cc3)cc21. The number of benzene rings is 2. The van der Waals surface area contributed by atoms with Crippen molar-refractivity contribution in [2.24, 2.45) is 5.73 Å². The van der Waals surface area contributed by atoms with Crippen molar-refractivity contribution < 1.29 is 14.3 Å². The Morgan fingerprint density at radius 3 is 2.48 bits per heavy atom. The topological polar surface area (TPSA) is 73.6 Å². The minimum atomic E-state index is -0.538. The van der Waals surface area contributed by atoms with Crippen LogP contribution in [0.4, 0.5) is 5.69 Å². The first-order chi connectivity index (χ1) is 13.0. The van der Waals surface area contributed by atoms with Gasteiger partial charge >= 0.3 is 5.97 Å². The molecular formula is C22H24N2O3. The van der Waals surface area contributed by atoms with Gasteiger partial charge in [-0.15, -0.1) is 0 Å². The zero-order valence-corrected chi connectivity index (χ0v) is 15.8. The van der Waals surface area contributed by atoms with Crippen LogP contribution in [0.5, 0.6) is 0 Å². The highest BCUT2D eigenvalue weighted by molar-refractivity contribution is 6.09. The van der Waals surface area contributed by atoms with Crippen molar-refractivity contribution in [1.82, 2.24) is 0 Å². The maximum absolute atomic E-state index is 12.3. The molecule has 0 aromatic heterocycles. The first kappa shape index (κ1) is 18.7. The number of anilines is 1. The van der Waals surface area contributed by atoms with Gasteiger partial charge in [0.1, 0.15) is 0 Å². The Balaban J connectivity index is 2.12. The molecule has 0 fully saturated rings. The van der Waals surface area contributed by atoms with Gasteiger partial charge < -0.3 is 20.5 Å². The van der Waals surface area contributed by atoms with Crippen LogP contribution in [-0.4, -0.2) is 25.9 Å². The molecule has 0 spiro atoms. The fraction of sp³-hybridized carbons (Fsp3) is 0.227. The number of hydrogen-bond donors (Lipinski definition) is 2. The van der Waals surface area contributed by atoms with Crippen LogP contribution in [0.3, 0.4) is 0 Å². The number of esters is 1. The van der Waals surface area contributed by atoms with E-state index in [4.69, 9.17) is 15.2 Å². The molecule has 2 aromatic rings. The van der Waals surface area contributed by atoms with Crippen molar-refractivity contribution >= 4 is 17.2 Å². The predicted molar refractivity (Wildman–Crippen MR) is 108 cm³/mol. The van der Waals surface area contributed by atoms with Crippen LogP contribution in [-0.2, 0) is 14.3 Å². The van der Waals surface area contributed by atoms with Crippen molar-refractivity contribution in [2.75, 3.05) is 19.0 Å². The molecule has 5 heteroatoms. The average Bonchev–Trinajstić information content (AvgIpc) is 2.67. The molecule has 27 heavy (non-hydrogen) atoms. The summed E-state index contributed by atoms with van der Waals surface area (Å²) in [4.78, 5) is 12.3. The summed E-state index contributed by atoms with van der Waals surface area (Å²) in [6.45, 7) is 8.01. The maximum atomic E-state index is 12.3. The zero-order chi connectivity index (χ0) is 19.6. The van der Waals surface area contributed by atoms with Gasteiger partial charge in [0.15, 0.2) is 6.23 Å². The van der Waals surface area contributed by atoms with E-state index in [9.17, 15) is 4.79 Å².